The van der Waals surface area contributed by atoms with E-state index in [4.69, 9.17) is 4.43 Å². The van der Waals surface area contributed by atoms with E-state index in [1.165, 1.54) is 32.1 Å². The first-order chi connectivity index (χ1) is 15.3. The molecule has 0 saturated heterocycles. The third-order valence-electron chi connectivity index (χ3n) is 9.95. The number of aliphatic hydroxyl groups is 3. The van der Waals surface area contributed by atoms with Crippen LogP contribution in [0.2, 0.25) is 18.1 Å². The van der Waals surface area contributed by atoms with E-state index in [1.54, 1.807) is 13.8 Å². The van der Waals surface area contributed by atoms with Gasteiger partial charge in [-0.15, -0.1) is 0 Å². The zero-order valence-electron chi connectivity index (χ0n) is 24.2. The van der Waals surface area contributed by atoms with Gasteiger partial charge >= 0.3 is 0 Å². The van der Waals surface area contributed by atoms with E-state index in [1.807, 2.05) is 13.8 Å². The molecule has 0 aromatic carbocycles. The first-order valence-electron chi connectivity index (χ1n) is 14.1. The normalized spacial score (nSPS) is 30.8. The zero-order valence-corrected chi connectivity index (χ0v) is 25.2. The maximum atomic E-state index is 10.6. The molecule has 0 spiro atoms. The van der Waals surface area contributed by atoms with Crippen molar-refractivity contribution < 1.29 is 19.7 Å². The van der Waals surface area contributed by atoms with Gasteiger partial charge in [-0.2, -0.15) is 0 Å². The fourth-order valence-electron chi connectivity index (χ4n) is 6.70. The Morgan fingerprint density at radius 2 is 1.56 bits per heavy atom. The van der Waals surface area contributed by atoms with Crippen LogP contribution in [0.15, 0.2) is 0 Å². The first kappa shape index (κ1) is 30.3. The molecule has 2 rings (SSSR count). The summed E-state index contributed by atoms with van der Waals surface area (Å²) in [7, 11) is -1.82. The smallest absolute Gasteiger partial charge is 0.192 e. The van der Waals surface area contributed by atoms with Crippen LogP contribution in [0.1, 0.15) is 120 Å². The molecule has 0 aromatic heterocycles. The second-order valence-corrected chi connectivity index (χ2v) is 19.6. The minimum atomic E-state index is -1.82. The average molecular weight is 499 g/mol. The predicted molar refractivity (Wildman–Crippen MR) is 145 cm³/mol. The summed E-state index contributed by atoms with van der Waals surface area (Å²) in [5, 5.41) is 31.4. The van der Waals surface area contributed by atoms with Crippen LogP contribution >= 0.6 is 0 Å². The van der Waals surface area contributed by atoms with Gasteiger partial charge in [-0.3, -0.25) is 0 Å². The van der Waals surface area contributed by atoms with Crippen LogP contribution < -0.4 is 0 Å². The fraction of sp³-hybridized carbons (Fsp3) is 1.00. The summed E-state index contributed by atoms with van der Waals surface area (Å²) in [5.74, 6) is 1.76. The lowest BCUT2D eigenvalue weighted by Crippen LogP contribution is -2.50. The molecule has 3 unspecified atom stereocenters. The van der Waals surface area contributed by atoms with E-state index in [0.29, 0.717) is 30.3 Å². The van der Waals surface area contributed by atoms with Gasteiger partial charge in [0, 0.05) is 6.10 Å². The van der Waals surface area contributed by atoms with Crippen LogP contribution in [0.25, 0.3) is 0 Å². The molecule has 0 bridgehead atoms. The van der Waals surface area contributed by atoms with Crippen molar-refractivity contribution in [2.45, 2.75) is 161 Å². The molecule has 5 heteroatoms. The lowest BCUT2D eigenvalue weighted by atomic mass is 9.60. The van der Waals surface area contributed by atoms with Gasteiger partial charge in [-0.05, 0) is 114 Å². The molecule has 0 aliphatic heterocycles. The molecule has 2 fully saturated rings. The number of fused-ring (bicyclic) bond motifs is 1. The van der Waals surface area contributed by atoms with E-state index in [2.05, 4.69) is 40.8 Å². The molecular formula is C29H58O4Si. The Morgan fingerprint density at radius 1 is 0.941 bits per heavy atom. The molecule has 34 heavy (non-hydrogen) atoms. The number of hydrogen-bond donors (Lipinski definition) is 3. The Labute approximate surface area is 212 Å². The maximum absolute atomic E-state index is 10.6. The van der Waals surface area contributed by atoms with E-state index >= 15 is 0 Å². The van der Waals surface area contributed by atoms with Crippen LogP contribution in [0.4, 0.5) is 0 Å². The number of rotatable bonds is 11. The van der Waals surface area contributed by atoms with Crippen molar-refractivity contribution in [1.29, 1.82) is 0 Å². The lowest BCUT2D eigenvalue weighted by molar-refractivity contribution is -0.0592. The summed E-state index contributed by atoms with van der Waals surface area (Å²) in [5.41, 5.74) is -1.41. The fourth-order valence-corrected chi connectivity index (χ4v) is 8.09. The second-order valence-electron chi connectivity index (χ2n) is 14.8. The molecule has 2 saturated carbocycles. The van der Waals surface area contributed by atoms with Gasteiger partial charge in [0.25, 0.3) is 0 Å². The Bertz CT molecular complexity index is 642. The third kappa shape index (κ3) is 7.54. The standard InChI is InChI=1S/C29H58O4Si/c1-26(2,3)34(9,10)33-24-14-12-20-29(8)22(16-17-23(24)29)21(13-11-19-27(4,5)31)15-18-25(30)28(6,7)32/h21-25,30-32H,11-20H2,1-10H3/t21-,22?,23?,24-,25?,29+/m0/s1. The monoisotopic (exact) mass is 498 g/mol. The van der Waals surface area contributed by atoms with Crippen LogP contribution in [-0.2, 0) is 4.43 Å². The summed E-state index contributed by atoms with van der Waals surface area (Å²) >= 11 is 0. The number of aliphatic hydroxyl groups excluding tert-OH is 1. The van der Waals surface area contributed by atoms with E-state index in [-0.39, 0.29) is 10.5 Å². The Morgan fingerprint density at radius 3 is 2.09 bits per heavy atom. The molecule has 2 aliphatic rings. The van der Waals surface area contributed by atoms with E-state index in [9.17, 15) is 15.3 Å². The Balaban J connectivity index is 2.20. The highest BCUT2D eigenvalue weighted by molar-refractivity contribution is 6.74. The minimum absolute atomic E-state index is 0.228. The SMILES string of the molecule is CC(C)(O)CCC[C@@H](CCC(O)C(C)(C)O)C1CCC2[C@@H](O[Si](C)(C)C(C)(C)C)CCC[C@]12C. The van der Waals surface area contributed by atoms with Crippen molar-refractivity contribution in [2.75, 3.05) is 0 Å². The summed E-state index contributed by atoms with van der Waals surface area (Å²) in [4.78, 5) is 0. The van der Waals surface area contributed by atoms with Crippen LogP contribution in [-0.4, -0.2) is 47.0 Å². The van der Waals surface area contributed by atoms with Crippen molar-refractivity contribution >= 4 is 8.32 Å². The van der Waals surface area contributed by atoms with Crippen molar-refractivity contribution in [2.24, 2.45) is 23.2 Å². The molecule has 4 nitrogen and oxygen atoms in total. The maximum Gasteiger partial charge on any atom is 0.192 e. The molecule has 0 amide bonds. The van der Waals surface area contributed by atoms with Gasteiger partial charge in [0.2, 0.25) is 0 Å². The molecule has 0 aromatic rings. The summed E-state index contributed by atoms with van der Waals surface area (Å²) in [6, 6.07) is 0. The average Bonchev–Trinajstić information content (AvgIpc) is 2.99. The summed E-state index contributed by atoms with van der Waals surface area (Å²) < 4.78 is 7.05. The quantitative estimate of drug-likeness (QED) is 0.267. The van der Waals surface area contributed by atoms with Gasteiger partial charge in [0.1, 0.15) is 0 Å². The summed E-state index contributed by atoms with van der Waals surface area (Å²) in [6.07, 6.45) is 10.4. The Kier molecular flexibility index (Phi) is 9.63. The van der Waals surface area contributed by atoms with Gasteiger partial charge < -0.3 is 19.7 Å². The Hall–Kier alpha value is 0.0569. The van der Waals surface area contributed by atoms with Crippen molar-refractivity contribution in [3.8, 4) is 0 Å². The molecule has 2 aliphatic carbocycles. The molecule has 202 valence electrons. The minimum Gasteiger partial charge on any atom is -0.414 e. The zero-order chi connectivity index (χ0) is 26.2. The van der Waals surface area contributed by atoms with Gasteiger partial charge in [0.15, 0.2) is 8.32 Å². The van der Waals surface area contributed by atoms with Crippen molar-refractivity contribution in [3.63, 3.8) is 0 Å². The molecule has 6 atom stereocenters. The van der Waals surface area contributed by atoms with Gasteiger partial charge in [-0.1, -0.05) is 47.0 Å². The predicted octanol–water partition coefficient (Wildman–Crippen LogP) is 7.06. The first-order valence-corrected chi connectivity index (χ1v) is 17.0. The third-order valence-corrected chi connectivity index (χ3v) is 14.5. The topological polar surface area (TPSA) is 69.9 Å². The highest BCUT2D eigenvalue weighted by atomic mass is 28.4. The number of hydrogen-bond acceptors (Lipinski definition) is 4. The van der Waals surface area contributed by atoms with Crippen LogP contribution in [0, 0.1) is 23.2 Å². The second kappa shape index (κ2) is 10.8. The highest BCUT2D eigenvalue weighted by Gasteiger charge is 2.55. The largest absolute Gasteiger partial charge is 0.414 e. The molecule has 0 radical (unpaired) electrons. The van der Waals surface area contributed by atoms with Crippen LogP contribution in [0.5, 0.6) is 0 Å². The summed E-state index contributed by atoms with van der Waals surface area (Å²) in [6.45, 7) is 21.5. The molecule has 3 N–H and O–H groups in total. The van der Waals surface area contributed by atoms with Gasteiger partial charge in [0.05, 0.1) is 17.3 Å². The van der Waals surface area contributed by atoms with E-state index in [0.717, 1.165) is 25.7 Å². The van der Waals surface area contributed by atoms with Crippen molar-refractivity contribution in [1.82, 2.24) is 0 Å². The van der Waals surface area contributed by atoms with Crippen LogP contribution in [0.3, 0.4) is 0 Å². The van der Waals surface area contributed by atoms with E-state index < -0.39 is 25.6 Å². The lowest BCUT2D eigenvalue weighted by Gasteiger charge is -2.50. The molecular weight excluding hydrogens is 440 g/mol. The highest BCUT2D eigenvalue weighted by Crippen LogP contribution is 2.60. The van der Waals surface area contributed by atoms with Crippen molar-refractivity contribution in [3.05, 3.63) is 0 Å². The van der Waals surface area contributed by atoms with Gasteiger partial charge in [-0.25, -0.2) is 0 Å². The molecule has 0 heterocycles.